The Kier molecular flexibility index (Phi) is 10.4. The molecule has 0 aliphatic heterocycles. The number of hydrogen-bond acceptors (Lipinski definition) is 3. The monoisotopic (exact) mass is 394 g/mol. The van der Waals surface area contributed by atoms with Gasteiger partial charge in [0.25, 0.3) is 0 Å². The second kappa shape index (κ2) is 13.1. The molecule has 2 rings (SSSR count). The first-order chi connectivity index (χ1) is 14.1. The van der Waals surface area contributed by atoms with Gasteiger partial charge >= 0.3 is 0 Å². The maximum atomic E-state index is 6.03. The van der Waals surface area contributed by atoms with Crippen molar-refractivity contribution in [3.8, 4) is 0 Å². The molecule has 2 aromatic carbocycles. The van der Waals surface area contributed by atoms with Crippen molar-refractivity contribution in [1.29, 1.82) is 0 Å². The Balaban J connectivity index is 1.52. The van der Waals surface area contributed by atoms with E-state index in [0.717, 1.165) is 24.0 Å². The van der Waals surface area contributed by atoms with E-state index in [1.807, 2.05) is 12.2 Å². The fourth-order valence-corrected chi connectivity index (χ4v) is 2.91. The van der Waals surface area contributed by atoms with E-state index in [-0.39, 0.29) is 12.2 Å². The van der Waals surface area contributed by atoms with Gasteiger partial charge in [-0.15, -0.1) is 0 Å². The zero-order valence-corrected chi connectivity index (χ0v) is 17.8. The molecule has 0 amide bonds. The van der Waals surface area contributed by atoms with Crippen molar-refractivity contribution in [2.24, 2.45) is 0 Å². The second-order valence-electron chi connectivity index (χ2n) is 7.33. The molecule has 156 valence electrons. The van der Waals surface area contributed by atoms with E-state index in [1.54, 1.807) is 0 Å². The summed E-state index contributed by atoms with van der Waals surface area (Å²) in [6.07, 6.45) is 5.78. The lowest BCUT2D eigenvalue weighted by Crippen LogP contribution is -2.20. The average Bonchev–Trinajstić information content (AvgIpc) is 2.75. The lowest BCUT2D eigenvalue weighted by Gasteiger charge is -2.19. The van der Waals surface area contributed by atoms with Crippen molar-refractivity contribution in [1.82, 2.24) is 0 Å². The van der Waals surface area contributed by atoms with Crippen LogP contribution < -0.4 is 0 Å². The third-order valence-corrected chi connectivity index (χ3v) is 4.77. The molecule has 0 saturated carbocycles. The first-order valence-corrected chi connectivity index (χ1v) is 10.3. The normalized spacial score (nSPS) is 13.0. The Morgan fingerprint density at radius 3 is 1.41 bits per heavy atom. The van der Waals surface area contributed by atoms with Crippen LogP contribution in [0.4, 0.5) is 0 Å². The summed E-state index contributed by atoms with van der Waals surface area (Å²) in [5.41, 5.74) is 4.60. The molecule has 0 N–H and O–H groups in total. The Hall–Kier alpha value is -2.20. The predicted octanol–water partition coefficient (Wildman–Crippen LogP) is 6.28. The van der Waals surface area contributed by atoms with Crippen LogP contribution in [0.1, 0.15) is 48.9 Å². The molecule has 0 fully saturated rings. The largest absolute Gasteiger partial charge is 0.377 e. The van der Waals surface area contributed by atoms with Gasteiger partial charge in [-0.3, -0.25) is 0 Å². The highest BCUT2D eigenvalue weighted by atomic mass is 16.5. The maximum Gasteiger partial charge on any atom is 0.0716 e. The summed E-state index contributed by atoms with van der Waals surface area (Å²) >= 11 is 0. The fourth-order valence-electron chi connectivity index (χ4n) is 2.91. The van der Waals surface area contributed by atoms with Crippen LogP contribution in [0.25, 0.3) is 12.2 Å². The summed E-state index contributed by atoms with van der Waals surface area (Å²) in [6.45, 7) is 14.4. The summed E-state index contributed by atoms with van der Waals surface area (Å²) < 4.78 is 17.6. The quantitative estimate of drug-likeness (QED) is 0.353. The molecule has 0 aromatic heterocycles. The molecule has 0 aliphatic carbocycles. The molecular weight excluding hydrogens is 360 g/mol. The van der Waals surface area contributed by atoms with Gasteiger partial charge in [-0.05, 0) is 48.9 Å². The van der Waals surface area contributed by atoms with E-state index in [9.17, 15) is 0 Å². The Morgan fingerprint density at radius 1 is 0.690 bits per heavy atom. The topological polar surface area (TPSA) is 27.7 Å². The van der Waals surface area contributed by atoms with Gasteiger partial charge in [0.2, 0.25) is 0 Å². The molecule has 0 radical (unpaired) electrons. The van der Waals surface area contributed by atoms with Crippen LogP contribution >= 0.6 is 0 Å². The van der Waals surface area contributed by atoms with Crippen molar-refractivity contribution in [2.75, 3.05) is 13.2 Å². The molecule has 2 unspecified atom stereocenters. The fraction of sp³-hybridized carbons (Fsp3) is 0.385. The minimum Gasteiger partial charge on any atom is -0.377 e. The third kappa shape index (κ3) is 9.23. The zero-order valence-electron chi connectivity index (χ0n) is 17.8. The first kappa shape index (κ1) is 23.1. The molecular formula is C26H34O3. The van der Waals surface area contributed by atoms with Gasteiger partial charge in [-0.2, -0.15) is 0 Å². The smallest absolute Gasteiger partial charge is 0.0716 e. The minimum absolute atomic E-state index is 0.166. The van der Waals surface area contributed by atoms with Crippen molar-refractivity contribution >= 4 is 12.2 Å². The molecule has 2 atom stereocenters. The van der Waals surface area contributed by atoms with Crippen molar-refractivity contribution in [2.45, 2.75) is 52.1 Å². The molecule has 0 aliphatic rings. The number of benzene rings is 2. The minimum atomic E-state index is 0.166. The third-order valence-electron chi connectivity index (χ3n) is 4.77. The van der Waals surface area contributed by atoms with Crippen LogP contribution in [0.2, 0.25) is 0 Å². The van der Waals surface area contributed by atoms with Crippen molar-refractivity contribution in [3.05, 3.63) is 83.9 Å². The van der Waals surface area contributed by atoms with E-state index in [4.69, 9.17) is 14.2 Å². The molecule has 29 heavy (non-hydrogen) atoms. The van der Waals surface area contributed by atoms with Crippen LogP contribution in [0.15, 0.2) is 61.7 Å². The highest BCUT2D eigenvalue weighted by Gasteiger charge is 2.09. The van der Waals surface area contributed by atoms with Gasteiger partial charge in [-0.25, -0.2) is 0 Å². The highest BCUT2D eigenvalue weighted by molar-refractivity contribution is 5.47. The van der Waals surface area contributed by atoms with E-state index in [2.05, 4.69) is 75.5 Å². The average molecular weight is 395 g/mol. The van der Waals surface area contributed by atoms with Gasteiger partial charge in [0, 0.05) is 13.2 Å². The predicted molar refractivity (Wildman–Crippen MR) is 122 cm³/mol. The molecule has 0 heterocycles. The standard InChI is InChI=1S/C26H34O3/c1-5-23-7-11-25(12-8-23)19-27-17-15-21(3)29-22(4)16-18-28-20-26-13-9-24(6-2)10-14-26/h5-14,21-22H,1-2,15-20H2,3-4H3. The van der Waals surface area contributed by atoms with Gasteiger partial charge in [-0.1, -0.05) is 73.8 Å². The SMILES string of the molecule is C=Cc1ccc(COCCC(C)OC(C)CCOCc2ccc(C=C)cc2)cc1. The van der Waals surface area contributed by atoms with Crippen molar-refractivity contribution in [3.63, 3.8) is 0 Å². The van der Waals surface area contributed by atoms with Gasteiger partial charge in [0.15, 0.2) is 0 Å². The summed E-state index contributed by atoms with van der Waals surface area (Å²) in [6, 6.07) is 16.5. The van der Waals surface area contributed by atoms with Crippen LogP contribution in [-0.2, 0) is 27.4 Å². The lowest BCUT2D eigenvalue weighted by atomic mass is 10.1. The van der Waals surface area contributed by atoms with E-state index >= 15 is 0 Å². The second-order valence-corrected chi connectivity index (χ2v) is 7.33. The molecule has 3 nitrogen and oxygen atoms in total. The van der Waals surface area contributed by atoms with Gasteiger partial charge < -0.3 is 14.2 Å². The van der Waals surface area contributed by atoms with E-state index in [1.165, 1.54) is 11.1 Å². The van der Waals surface area contributed by atoms with E-state index in [0.29, 0.717) is 26.4 Å². The summed E-state index contributed by atoms with van der Waals surface area (Å²) in [4.78, 5) is 0. The highest BCUT2D eigenvalue weighted by Crippen LogP contribution is 2.10. The van der Waals surface area contributed by atoms with Crippen LogP contribution in [0.5, 0.6) is 0 Å². The zero-order chi connectivity index (χ0) is 20.9. The number of ether oxygens (including phenoxy) is 3. The lowest BCUT2D eigenvalue weighted by molar-refractivity contribution is -0.0290. The molecule has 0 spiro atoms. The molecule has 3 heteroatoms. The van der Waals surface area contributed by atoms with Crippen LogP contribution in [0.3, 0.4) is 0 Å². The molecule has 2 aromatic rings. The van der Waals surface area contributed by atoms with E-state index < -0.39 is 0 Å². The van der Waals surface area contributed by atoms with Crippen LogP contribution in [0, 0.1) is 0 Å². The Morgan fingerprint density at radius 2 is 1.07 bits per heavy atom. The van der Waals surface area contributed by atoms with Crippen LogP contribution in [-0.4, -0.2) is 25.4 Å². The number of rotatable bonds is 14. The Labute approximate surface area is 176 Å². The van der Waals surface area contributed by atoms with Gasteiger partial charge in [0.05, 0.1) is 25.4 Å². The Bertz CT molecular complexity index is 655. The first-order valence-electron chi connectivity index (χ1n) is 10.3. The molecule has 0 saturated heterocycles. The van der Waals surface area contributed by atoms with Crippen molar-refractivity contribution < 1.29 is 14.2 Å². The summed E-state index contributed by atoms with van der Waals surface area (Å²) in [7, 11) is 0. The summed E-state index contributed by atoms with van der Waals surface area (Å²) in [5, 5.41) is 0. The molecule has 0 bridgehead atoms. The maximum absolute atomic E-state index is 6.03. The number of hydrogen-bond donors (Lipinski definition) is 0. The van der Waals surface area contributed by atoms with Gasteiger partial charge in [0.1, 0.15) is 0 Å². The summed E-state index contributed by atoms with van der Waals surface area (Å²) in [5.74, 6) is 0.